The van der Waals surface area contributed by atoms with Crippen molar-refractivity contribution in [1.82, 2.24) is 14.5 Å². The van der Waals surface area contributed by atoms with E-state index >= 15 is 0 Å². The minimum atomic E-state index is 0.0477. The molecule has 1 aliphatic rings. The van der Waals surface area contributed by atoms with Gasteiger partial charge < -0.3 is 14.2 Å². The lowest BCUT2D eigenvalue weighted by molar-refractivity contribution is -0.129. The van der Waals surface area contributed by atoms with Gasteiger partial charge in [0.25, 0.3) is 0 Å². The average Bonchev–Trinajstić information content (AvgIpc) is 3.29. The van der Waals surface area contributed by atoms with E-state index in [1.165, 1.54) is 11.1 Å². The number of rotatable bonds is 5. The second kappa shape index (κ2) is 7.66. The summed E-state index contributed by atoms with van der Waals surface area (Å²) in [4.78, 5) is 18.9. The number of hydrogen-bond donors (Lipinski definition) is 0. The molecule has 4 rings (SSSR count). The highest BCUT2D eigenvalue weighted by atomic mass is 16.5. The zero-order chi connectivity index (χ0) is 19.7. The Morgan fingerprint density at radius 1 is 1.18 bits per heavy atom. The molecule has 0 saturated carbocycles. The molecule has 1 unspecified atom stereocenters. The van der Waals surface area contributed by atoms with Gasteiger partial charge in [-0.3, -0.25) is 4.79 Å². The number of benzene rings is 2. The summed E-state index contributed by atoms with van der Waals surface area (Å²) in [5.41, 5.74) is 4.56. The highest BCUT2D eigenvalue weighted by Crippen LogP contribution is 2.33. The van der Waals surface area contributed by atoms with Crippen molar-refractivity contribution in [3.63, 3.8) is 0 Å². The van der Waals surface area contributed by atoms with E-state index in [4.69, 9.17) is 9.72 Å². The molecule has 0 aliphatic carbocycles. The fraction of sp³-hybridized carbons (Fsp3) is 0.391. The van der Waals surface area contributed by atoms with Crippen LogP contribution in [0, 0.1) is 13.8 Å². The van der Waals surface area contributed by atoms with E-state index in [1.807, 2.05) is 29.2 Å². The van der Waals surface area contributed by atoms with Crippen molar-refractivity contribution in [2.75, 3.05) is 13.2 Å². The summed E-state index contributed by atoms with van der Waals surface area (Å²) in [6, 6.07) is 14.4. The maximum atomic E-state index is 12.1. The summed E-state index contributed by atoms with van der Waals surface area (Å²) in [5.74, 6) is 1.98. The Morgan fingerprint density at radius 3 is 2.79 bits per heavy atom. The van der Waals surface area contributed by atoms with Gasteiger partial charge in [0.1, 0.15) is 18.2 Å². The fourth-order valence-corrected chi connectivity index (χ4v) is 4.05. The van der Waals surface area contributed by atoms with E-state index in [-0.39, 0.29) is 11.9 Å². The molecule has 1 saturated heterocycles. The number of carbonyl (C=O) groups is 1. The number of ether oxygens (including phenoxy) is 1. The Morgan fingerprint density at radius 2 is 2.00 bits per heavy atom. The predicted molar refractivity (Wildman–Crippen MR) is 111 cm³/mol. The topological polar surface area (TPSA) is 47.4 Å². The van der Waals surface area contributed by atoms with Gasteiger partial charge in [-0.15, -0.1) is 0 Å². The normalized spacial score (nSPS) is 16.7. The smallest absolute Gasteiger partial charge is 0.220 e. The third-order valence-electron chi connectivity index (χ3n) is 5.70. The van der Waals surface area contributed by atoms with Gasteiger partial charge in [-0.2, -0.15) is 0 Å². The van der Waals surface area contributed by atoms with Crippen LogP contribution in [0.2, 0.25) is 0 Å². The first kappa shape index (κ1) is 18.5. The van der Waals surface area contributed by atoms with Crippen LogP contribution in [0.5, 0.6) is 5.75 Å². The molecule has 1 fully saturated rings. The first-order chi connectivity index (χ1) is 13.5. The van der Waals surface area contributed by atoms with Crippen LogP contribution in [0.25, 0.3) is 11.0 Å². The average molecular weight is 377 g/mol. The first-order valence-electron chi connectivity index (χ1n) is 9.97. The van der Waals surface area contributed by atoms with Crippen molar-refractivity contribution in [3.05, 3.63) is 59.4 Å². The highest BCUT2D eigenvalue weighted by molar-refractivity contribution is 5.77. The third-order valence-corrected chi connectivity index (χ3v) is 5.70. The van der Waals surface area contributed by atoms with Crippen LogP contribution < -0.4 is 4.74 Å². The summed E-state index contributed by atoms with van der Waals surface area (Å²) in [6.07, 6.45) is 1.98. The van der Waals surface area contributed by atoms with Crippen molar-refractivity contribution >= 4 is 16.9 Å². The standard InChI is InChI=1S/C23H27N3O2/c1-16-10-11-19(15-17(16)2)28-14-13-26-21-8-5-4-7-20(21)24-23(26)22-9-6-12-25(22)18(3)27/h4-5,7-8,10-11,15,22H,6,9,12-14H2,1-3H3. The SMILES string of the molecule is CC(=O)N1CCCC1c1nc2ccccc2n1CCOc1ccc(C)c(C)c1. The van der Waals surface area contributed by atoms with Gasteiger partial charge in [-0.25, -0.2) is 4.98 Å². The van der Waals surface area contributed by atoms with E-state index in [0.717, 1.165) is 42.0 Å². The molecule has 1 atom stereocenters. The summed E-state index contributed by atoms with van der Waals surface area (Å²) in [6.45, 7) is 7.91. The van der Waals surface area contributed by atoms with Crippen LogP contribution in [0.3, 0.4) is 0 Å². The quantitative estimate of drug-likeness (QED) is 0.661. The molecule has 1 aliphatic heterocycles. The first-order valence-corrected chi connectivity index (χ1v) is 9.97. The molecule has 2 heterocycles. The lowest BCUT2D eigenvalue weighted by Crippen LogP contribution is -2.30. The number of aromatic nitrogens is 2. The summed E-state index contributed by atoms with van der Waals surface area (Å²) < 4.78 is 8.25. The number of fused-ring (bicyclic) bond motifs is 1. The molecule has 0 N–H and O–H groups in total. The van der Waals surface area contributed by atoms with E-state index in [0.29, 0.717) is 13.2 Å². The Balaban J connectivity index is 1.60. The largest absolute Gasteiger partial charge is 0.492 e. The number of nitrogens with zero attached hydrogens (tertiary/aromatic N) is 3. The van der Waals surface area contributed by atoms with Gasteiger partial charge >= 0.3 is 0 Å². The second-order valence-corrected chi connectivity index (χ2v) is 7.58. The van der Waals surface area contributed by atoms with Crippen molar-refractivity contribution in [2.24, 2.45) is 0 Å². The minimum absolute atomic E-state index is 0.0477. The Kier molecular flexibility index (Phi) is 5.07. The number of carbonyl (C=O) groups excluding carboxylic acids is 1. The Labute approximate surface area is 165 Å². The number of hydrogen-bond acceptors (Lipinski definition) is 3. The molecular formula is C23H27N3O2. The van der Waals surface area contributed by atoms with Crippen LogP contribution in [0.15, 0.2) is 42.5 Å². The number of para-hydroxylation sites is 2. The monoisotopic (exact) mass is 377 g/mol. The van der Waals surface area contributed by atoms with Crippen molar-refractivity contribution < 1.29 is 9.53 Å². The molecule has 0 spiro atoms. The van der Waals surface area contributed by atoms with Gasteiger partial charge in [0, 0.05) is 13.5 Å². The lowest BCUT2D eigenvalue weighted by Gasteiger charge is -2.24. The van der Waals surface area contributed by atoms with E-state index in [1.54, 1.807) is 6.92 Å². The van der Waals surface area contributed by atoms with Crippen LogP contribution in [-0.2, 0) is 11.3 Å². The van der Waals surface area contributed by atoms with Gasteiger partial charge in [0.15, 0.2) is 0 Å². The molecule has 0 radical (unpaired) electrons. The molecule has 146 valence electrons. The van der Waals surface area contributed by atoms with Crippen molar-refractivity contribution in [2.45, 2.75) is 46.2 Å². The highest BCUT2D eigenvalue weighted by Gasteiger charge is 2.32. The van der Waals surface area contributed by atoms with Crippen LogP contribution >= 0.6 is 0 Å². The van der Waals surface area contributed by atoms with Crippen molar-refractivity contribution in [1.29, 1.82) is 0 Å². The number of imidazole rings is 1. The zero-order valence-electron chi connectivity index (χ0n) is 16.8. The van der Waals surface area contributed by atoms with Gasteiger partial charge in [0.2, 0.25) is 5.91 Å². The number of likely N-dealkylation sites (tertiary alicyclic amines) is 1. The molecule has 0 bridgehead atoms. The zero-order valence-corrected chi connectivity index (χ0v) is 16.8. The molecule has 28 heavy (non-hydrogen) atoms. The summed E-state index contributed by atoms with van der Waals surface area (Å²) in [5, 5.41) is 0. The molecule has 1 aromatic heterocycles. The van der Waals surface area contributed by atoms with Gasteiger partial charge in [0.05, 0.1) is 23.6 Å². The molecule has 1 amide bonds. The van der Waals surface area contributed by atoms with E-state index in [2.05, 4.69) is 36.6 Å². The van der Waals surface area contributed by atoms with Gasteiger partial charge in [-0.1, -0.05) is 18.2 Å². The predicted octanol–water partition coefficient (Wildman–Crippen LogP) is 4.42. The lowest BCUT2D eigenvalue weighted by atomic mass is 10.1. The van der Waals surface area contributed by atoms with Crippen molar-refractivity contribution in [3.8, 4) is 5.75 Å². The maximum absolute atomic E-state index is 12.1. The Bertz CT molecular complexity index is 1010. The maximum Gasteiger partial charge on any atom is 0.220 e. The Hall–Kier alpha value is -2.82. The molecule has 5 nitrogen and oxygen atoms in total. The van der Waals surface area contributed by atoms with Crippen LogP contribution in [0.1, 0.15) is 42.8 Å². The molecule has 2 aromatic carbocycles. The fourth-order valence-electron chi connectivity index (χ4n) is 4.05. The second-order valence-electron chi connectivity index (χ2n) is 7.58. The van der Waals surface area contributed by atoms with Crippen LogP contribution in [0.4, 0.5) is 0 Å². The molecule has 5 heteroatoms. The minimum Gasteiger partial charge on any atom is -0.492 e. The van der Waals surface area contributed by atoms with E-state index < -0.39 is 0 Å². The molecular weight excluding hydrogens is 350 g/mol. The molecule has 3 aromatic rings. The number of aryl methyl sites for hydroxylation is 2. The summed E-state index contributed by atoms with van der Waals surface area (Å²) in [7, 11) is 0. The third kappa shape index (κ3) is 3.49. The summed E-state index contributed by atoms with van der Waals surface area (Å²) >= 11 is 0. The van der Waals surface area contributed by atoms with Crippen LogP contribution in [-0.4, -0.2) is 33.5 Å². The van der Waals surface area contributed by atoms with E-state index in [9.17, 15) is 4.79 Å². The van der Waals surface area contributed by atoms with Gasteiger partial charge in [-0.05, 0) is 62.1 Å². The number of amides is 1.